The molecule has 1 aromatic heterocycles. The lowest BCUT2D eigenvalue weighted by Gasteiger charge is -2.08. The van der Waals surface area contributed by atoms with Crippen LogP contribution in [0.5, 0.6) is 5.75 Å². The van der Waals surface area contributed by atoms with E-state index in [1.165, 1.54) is 19.2 Å². The zero-order chi connectivity index (χ0) is 20.3. The van der Waals surface area contributed by atoms with Gasteiger partial charge in [0.15, 0.2) is 0 Å². The number of nitrogens with one attached hydrogen (secondary N) is 1. The van der Waals surface area contributed by atoms with Crippen molar-refractivity contribution in [3.05, 3.63) is 70.7 Å². The van der Waals surface area contributed by atoms with Crippen LogP contribution in [0.25, 0.3) is 10.4 Å². The Hall–Kier alpha value is -3.16. The molecule has 0 unspecified atom stereocenters. The molecule has 0 saturated carbocycles. The van der Waals surface area contributed by atoms with E-state index in [4.69, 9.17) is 22.1 Å². The van der Waals surface area contributed by atoms with Crippen LogP contribution in [0.15, 0.2) is 54.6 Å². The van der Waals surface area contributed by atoms with Gasteiger partial charge in [-0.2, -0.15) is 0 Å². The minimum absolute atomic E-state index is 0.0213. The number of rotatable bonds is 6. The molecular formula is C20H15ClN2O4S. The largest absolute Gasteiger partial charge is 0.496 e. The van der Waals surface area contributed by atoms with E-state index in [-0.39, 0.29) is 26.9 Å². The maximum atomic E-state index is 12.6. The lowest BCUT2D eigenvalue weighted by atomic mass is 10.1. The van der Waals surface area contributed by atoms with Gasteiger partial charge in [-0.25, -0.2) is 0 Å². The van der Waals surface area contributed by atoms with E-state index in [2.05, 4.69) is 5.32 Å². The molecule has 0 bridgehead atoms. The standard InChI is InChI=1S/C20H15ClN2O4S/c1-27-15-8-7-12(21)9-13(15)17(24)19(26)23-20-14(18(22)25)10-16(28-20)11-5-3-2-4-6-11/h2-10H,1H3,(H2,22,25)(H,23,26). The molecule has 6 nitrogen and oxygen atoms in total. The first-order valence-corrected chi connectivity index (χ1v) is 9.28. The molecule has 0 spiro atoms. The van der Waals surface area contributed by atoms with Crippen LogP contribution in [0.4, 0.5) is 5.00 Å². The second-order valence-corrected chi connectivity index (χ2v) is 7.20. The highest BCUT2D eigenvalue weighted by molar-refractivity contribution is 7.20. The van der Waals surface area contributed by atoms with E-state index < -0.39 is 17.6 Å². The number of nitrogens with two attached hydrogens (primary N) is 1. The molecule has 8 heteroatoms. The highest BCUT2D eigenvalue weighted by Crippen LogP contribution is 2.35. The number of ketones is 1. The van der Waals surface area contributed by atoms with Crippen LogP contribution >= 0.6 is 22.9 Å². The highest BCUT2D eigenvalue weighted by atomic mass is 35.5. The third kappa shape index (κ3) is 4.05. The lowest BCUT2D eigenvalue weighted by Crippen LogP contribution is -2.24. The smallest absolute Gasteiger partial charge is 0.297 e. The van der Waals surface area contributed by atoms with Crippen molar-refractivity contribution in [3.63, 3.8) is 0 Å². The summed E-state index contributed by atoms with van der Waals surface area (Å²) in [5.41, 5.74) is 6.44. The molecule has 2 amide bonds. The topological polar surface area (TPSA) is 98.5 Å². The van der Waals surface area contributed by atoms with Gasteiger partial charge in [0, 0.05) is 9.90 Å². The molecule has 28 heavy (non-hydrogen) atoms. The first-order valence-electron chi connectivity index (χ1n) is 8.09. The molecule has 3 rings (SSSR count). The number of halogens is 1. The van der Waals surface area contributed by atoms with E-state index in [1.54, 1.807) is 12.1 Å². The van der Waals surface area contributed by atoms with E-state index in [0.717, 1.165) is 21.8 Å². The minimum Gasteiger partial charge on any atom is -0.496 e. The summed E-state index contributed by atoms with van der Waals surface area (Å²) in [5.74, 6) is -2.26. The van der Waals surface area contributed by atoms with Gasteiger partial charge in [0.25, 0.3) is 17.6 Å². The summed E-state index contributed by atoms with van der Waals surface area (Å²) < 4.78 is 5.11. The fourth-order valence-electron chi connectivity index (χ4n) is 2.55. The minimum atomic E-state index is -0.926. The van der Waals surface area contributed by atoms with E-state index in [0.29, 0.717) is 0 Å². The number of anilines is 1. The summed E-state index contributed by atoms with van der Waals surface area (Å²) in [7, 11) is 1.38. The second kappa shape index (κ2) is 8.24. The summed E-state index contributed by atoms with van der Waals surface area (Å²) in [6.45, 7) is 0. The SMILES string of the molecule is COc1ccc(Cl)cc1C(=O)C(=O)Nc1sc(-c2ccccc2)cc1C(N)=O. The van der Waals surface area contributed by atoms with Crippen molar-refractivity contribution in [1.29, 1.82) is 0 Å². The predicted molar refractivity (Wildman–Crippen MR) is 109 cm³/mol. The van der Waals surface area contributed by atoms with Gasteiger partial charge < -0.3 is 15.8 Å². The number of carbonyl (C=O) groups excluding carboxylic acids is 3. The second-order valence-electron chi connectivity index (χ2n) is 5.71. The molecule has 0 atom stereocenters. The molecular weight excluding hydrogens is 400 g/mol. The number of ether oxygens (including phenoxy) is 1. The zero-order valence-electron chi connectivity index (χ0n) is 14.7. The molecule has 2 aromatic carbocycles. The van der Waals surface area contributed by atoms with Crippen molar-refractivity contribution in [1.82, 2.24) is 0 Å². The van der Waals surface area contributed by atoms with Gasteiger partial charge in [0.1, 0.15) is 10.8 Å². The number of thiophene rings is 1. The number of hydrogen-bond acceptors (Lipinski definition) is 5. The van der Waals surface area contributed by atoms with Gasteiger partial charge in [0.05, 0.1) is 18.2 Å². The Kier molecular flexibility index (Phi) is 5.77. The quantitative estimate of drug-likeness (QED) is 0.470. The molecule has 3 N–H and O–H groups in total. The Balaban J connectivity index is 1.92. The number of benzene rings is 2. The van der Waals surface area contributed by atoms with Crippen molar-refractivity contribution in [2.24, 2.45) is 5.73 Å². The molecule has 0 aliphatic heterocycles. The molecule has 0 aliphatic rings. The zero-order valence-corrected chi connectivity index (χ0v) is 16.3. The highest BCUT2D eigenvalue weighted by Gasteiger charge is 2.24. The Morgan fingerprint density at radius 1 is 1.04 bits per heavy atom. The van der Waals surface area contributed by atoms with Crippen LogP contribution in [0.1, 0.15) is 20.7 Å². The maximum absolute atomic E-state index is 12.6. The van der Waals surface area contributed by atoms with Gasteiger partial charge in [-0.1, -0.05) is 41.9 Å². The molecule has 0 fully saturated rings. The maximum Gasteiger partial charge on any atom is 0.297 e. The van der Waals surface area contributed by atoms with E-state index >= 15 is 0 Å². The summed E-state index contributed by atoms with van der Waals surface area (Å²) in [6, 6.07) is 15.3. The number of amides is 2. The van der Waals surface area contributed by atoms with Crippen LogP contribution < -0.4 is 15.8 Å². The fraction of sp³-hybridized carbons (Fsp3) is 0.0500. The van der Waals surface area contributed by atoms with Crippen LogP contribution in [0, 0.1) is 0 Å². The van der Waals surface area contributed by atoms with Crippen LogP contribution in [0.2, 0.25) is 5.02 Å². The van der Waals surface area contributed by atoms with E-state index in [1.807, 2.05) is 30.3 Å². The van der Waals surface area contributed by atoms with Crippen molar-refractivity contribution in [2.75, 3.05) is 12.4 Å². The molecule has 0 aliphatic carbocycles. The number of hydrogen-bond donors (Lipinski definition) is 2. The first-order chi connectivity index (χ1) is 13.4. The van der Waals surface area contributed by atoms with Gasteiger partial charge in [-0.3, -0.25) is 14.4 Å². The number of Topliss-reactive ketones (excluding diaryl/α,β-unsaturated/α-hetero) is 1. The van der Waals surface area contributed by atoms with Gasteiger partial charge >= 0.3 is 0 Å². The number of methoxy groups -OCH3 is 1. The molecule has 0 radical (unpaired) electrons. The van der Waals surface area contributed by atoms with Crippen molar-refractivity contribution in [2.45, 2.75) is 0 Å². The third-order valence-corrected chi connectivity index (χ3v) is 5.23. The third-order valence-electron chi connectivity index (χ3n) is 3.90. The molecule has 1 heterocycles. The van der Waals surface area contributed by atoms with Gasteiger partial charge in [0.2, 0.25) is 0 Å². The summed E-state index contributed by atoms with van der Waals surface area (Å²) in [5, 5.41) is 2.97. The fourth-order valence-corrected chi connectivity index (χ4v) is 3.79. The Morgan fingerprint density at radius 2 is 1.75 bits per heavy atom. The van der Waals surface area contributed by atoms with Crippen molar-refractivity contribution in [3.8, 4) is 16.2 Å². The van der Waals surface area contributed by atoms with Crippen LogP contribution in [-0.4, -0.2) is 24.7 Å². The van der Waals surface area contributed by atoms with Gasteiger partial charge in [-0.05, 0) is 29.8 Å². The van der Waals surface area contributed by atoms with Crippen molar-refractivity contribution < 1.29 is 19.1 Å². The lowest BCUT2D eigenvalue weighted by molar-refractivity contribution is -0.112. The molecule has 142 valence electrons. The normalized spacial score (nSPS) is 10.4. The molecule has 0 saturated heterocycles. The Labute approximate surface area is 169 Å². The van der Waals surface area contributed by atoms with E-state index in [9.17, 15) is 14.4 Å². The average Bonchev–Trinajstić information content (AvgIpc) is 3.12. The monoisotopic (exact) mass is 414 g/mol. The number of primary amides is 1. The number of carbonyl (C=O) groups is 3. The predicted octanol–water partition coefficient (Wildman–Crippen LogP) is 4.00. The Morgan fingerprint density at radius 3 is 2.39 bits per heavy atom. The van der Waals surface area contributed by atoms with Crippen LogP contribution in [-0.2, 0) is 4.79 Å². The van der Waals surface area contributed by atoms with Gasteiger partial charge in [-0.15, -0.1) is 11.3 Å². The summed E-state index contributed by atoms with van der Waals surface area (Å²) >= 11 is 7.07. The molecule has 3 aromatic rings. The van der Waals surface area contributed by atoms with Crippen LogP contribution in [0.3, 0.4) is 0 Å². The summed E-state index contributed by atoms with van der Waals surface area (Å²) in [4.78, 5) is 37.6. The van der Waals surface area contributed by atoms with Crippen molar-refractivity contribution >= 4 is 45.5 Å². The summed E-state index contributed by atoms with van der Waals surface area (Å²) in [6.07, 6.45) is 0. The first kappa shape index (κ1) is 19.6. The average molecular weight is 415 g/mol. The Bertz CT molecular complexity index is 1060.